The first-order chi connectivity index (χ1) is 13.9. The summed E-state index contributed by atoms with van der Waals surface area (Å²) in [5.74, 6) is 0.0963. The molecule has 29 heavy (non-hydrogen) atoms. The molecule has 5 heteroatoms. The van der Waals surface area contributed by atoms with Gasteiger partial charge >= 0.3 is 0 Å². The van der Waals surface area contributed by atoms with Crippen molar-refractivity contribution < 1.29 is 9.59 Å². The van der Waals surface area contributed by atoms with E-state index in [1.807, 2.05) is 73.3 Å². The van der Waals surface area contributed by atoms with E-state index in [2.05, 4.69) is 24.5 Å². The Bertz CT molecular complexity index is 790. The number of carbonyl (C=O) groups excluding carboxylic acids is 2. The van der Waals surface area contributed by atoms with Crippen molar-refractivity contribution in [1.82, 2.24) is 10.2 Å². The Morgan fingerprint density at radius 1 is 0.931 bits per heavy atom. The van der Waals surface area contributed by atoms with Gasteiger partial charge in [0, 0.05) is 5.69 Å². The molecular weight excluding hydrogens is 362 g/mol. The van der Waals surface area contributed by atoms with E-state index in [1.54, 1.807) is 0 Å². The second kappa shape index (κ2) is 11.4. The Labute approximate surface area is 174 Å². The standard InChI is InChI=1S/C24H33N3O2/c1-5-15-27(16-22(28)25-21-14-10-9-11-19(21)4)17-23(29)26-24(18(2)3)20-12-7-6-8-13-20/h6-14,18,24H,5,15-17H2,1-4H3,(H,25,28)(H,26,29). The average molecular weight is 396 g/mol. The minimum Gasteiger partial charge on any atom is -0.348 e. The van der Waals surface area contributed by atoms with Crippen molar-refractivity contribution in [3.63, 3.8) is 0 Å². The molecule has 0 radical (unpaired) electrons. The first-order valence-corrected chi connectivity index (χ1v) is 10.3. The summed E-state index contributed by atoms with van der Waals surface area (Å²) in [5, 5.41) is 6.09. The minimum absolute atomic E-state index is 0.0482. The van der Waals surface area contributed by atoms with Crippen LogP contribution in [0.1, 0.15) is 44.4 Å². The molecule has 0 heterocycles. The molecule has 156 valence electrons. The van der Waals surface area contributed by atoms with Crippen molar-refractivity contribution in [2.24, 2.45) is 5.92 Å². The topological polar surface area (TPSA) is 61.4 Å². The summed E-state index contributed by atoms with van der Waals surface area (Å²) in [7, 11) is 0. The summed E-state index contributed by atoms with van der Waals surface area (Å²) < 4.78 is 0. The molecule has 0 aromatic heterocycles. The maximum Gasteiger partial charge on any atom is 0.238 e. The lowest BCUT2D eigenvalue weighted by Crippen LogP contribution is -2.43. The minimum atomic E-state index is -0.107. The Balaban J connectivity index is 1.97. The number of aryl methyl sites for hydroxylation is 1. The number of amides is 2. The van der Waals surface area contributed by atoms with Crippen LogP contribution >= 0.6 is 0 Å². The van der Waals surface area contributed by atoms with E-state index in [1.165, 1.54) is 0 Å². The zero-order valence-electron chi connectivity index (χ0n) is 17.9. The second-order valence-corrected chi connectivity index (χ2v) is 7.77. The van der Waals surface area contributed by atoms with Crippen molar-refractivity contribution in [2.75, 3.05) is 25.0 Å². The Morgan fingerprint density at radius 3 is 2.17 bits per heavy atom. The molecule has 1 unspecified atom stereocenters. The number of nitrogens with zero attached hydrogens (tertiary/aromatic N) is 1. The molecule has 0 saturated carbocycles. The number of anilines is 1. The molecule has 2 aromatic carbocycles. The Morgan fingerprint density at radius 2 is 1.55 bits per heavy atom. The van der Waals surface area contributed by atoms with Crippen molar-refractivity contribution in [2.45, 2.75) is 40.2 Å². The molecule has 0 aliphatic heterocycles. The first kappa shape index (κ1) is 22.6. The number of nitrogens with one attached hydrogen (secondary N) is 2. The number of hydrogen-bond donors (Lipinski definition) is 2. The predicted octanol–water partition coefficient (Wildman–Crippen LogP) is 4.16. The average Bonchev–Trinajstić information content (AvgIpc) is 2.68. The van der Waals surface area contributed by atoms with Crippen LogP contribution < -0.4 is 10.6 Å². The smallest absolute Gasteiger partial charge is 0.238 e. The normalized spacial score (nSPS) is 12.1. The van der Waals surface area contributed by atoms with Crippen LogP contribution in [0.2, 0.25) is 0 Å². The fourth-order valence-corrected chi connectivity index (χ4v) is 3.35. The molecule has 1 atom stereocenters. The quantitative estimate of drug-likeness (QED) is 0.635. The maximum atomic E-state index is 12.7. The summed E-state index contributed by atoms with van der Waals surface area (Å²) >= 11 is 0. The highest BCUT2D eigenvalue weighted by molar-refractivity contribution is 5.93. The molecule has 0 aliphatic carbocycles. The lowest BCUT2D eigenvalue weighted by atomic mass is 9.96. The third-order valence-corrected chi connectivity index (χ3v) is 4.84. The predicted molar refractivity (Wildman–Crippen MR) is 119 cm³/mol. The fraction of sp³-hybridized carbons (Fsp3) is 0.417. The van der Waals surface area contributed by atoms with Gasteiger partial charge in [0.15, 0.2) is 0 Å². The van der Waals surface area contributed by atoms with Gasteiger partial charge in [-0.05, 0) is 43.0 Å². The van der Waals surface area contributed by atoms with Gasteiger partial charge in [-0.25, -0.2) is 0 Å². The van der Waals surface area contributed by atoms with Gasteiger partial charge in [-0.3, -0.25) is 14.5 Å². The molecule has 0 spiro atoms. The van der Waals surface area contributed by atoms with E-state index in [4.69, 9.17) is 0 Å². The van der Waals surface area contributed by atoms with Gasteiger partial charge in [0.1, 0.15) is 0 Å². The van der Waals surface area contributed by atoms with Gasteiger partial charge < -0.3 is 10.6 Å². The van der Waals surface area contributed by atoms with E-state index >= 15 is 0 Å². The first-order valence-electron chi connectivity index (χ1n) is 10.3. The highest BCUT2D eigenvalue weighted by Gasteiger charge is 2.20. The van der Waals surface area contributed by atoms with E-state index < -0.39 is 0 Å². The van der Waals surface area contributed by atoms with Gasteiger partial charge in [-0.1, -0.05) is 69.3 Å². The fourth-order valence-electron chi connectivity index (χ4n) is 3.35. The third kappa shape index (κ3) is 7.35. The van der Waals surface area contributed by atoms with E-state index in [0.717, 1.165) is 23.2 Å². The molecule has 0 saturated heterocycles. The van der Waals surface area contributed by atoms with Crippen molar-refractivity contribution in [1.29, 1.82) is 0 Å². The molecular formula is C24H33N3O2. The summed E-state index contributed by atoms with van der Waals surface area (Å²) in [5.41, 5.74) is 2.92. The van der Waals surface area contributed by atoms with Crippen LogP contribution in [0.4, 0.5) is 5.69 Å². The van der Waals surface area contributed by atoms with Crippen molar-refractivity contribution >= 4 is 17.5 Å². The zero-order valence-corrected chi connectivity index (χ0v) is 17.9. The SMILES string of the molecule is CCCN(CC(=O)Nc1ccccc1C)CC(=O)NC(c1ccccc1)C(C)C. The van der Waals surface area contributed by atoms with Gasteiger partial charge in [0.25, 0.3) is 0 Å². The molecule has 0 bridgehead atoms. The van der Waals surface area contributed by atoms with Crippen LogP contribution in [0.25, 0.3) is 0 Å². The number of carbonyl (C=O) groups is 2. The molecule has 2 rings (SSSR count). The van der Waals surface area contributed by atoms with E-state index in [0.29, 0.717) is 6.54 Å². The largest absolute Gasteiger partial charge is 0.348 e. The van der Waals surface area contributed by atoms with Gasteiger partial charge in [0.2, 0.25) is 11.8 Å². The molecule has 0 fully saturated rings. The highest BCUT2D eigenvalue weighted by Crippen LogP contribution is 2.21. The lowest BCUT2D eigenvalue weighted by Gasteiger charge is -2.26. The summed E-state index contributed by atoms with van der Waals surface area (Å²) in [6, 6.07) is 17.6. The monoisotopic (exact) mass is 395 g/mol. The number of para-hydroxylation sites is 1. The second-order valence-electron chi connectivity index (χ2n) is 7.77. The zero-order chi connectivity index (χ0) is 21.2. The molecule has 2 amide bonds. The Hall–Kier alpha value is -2.66. The number of hydrogen-bond acceptors (Lipinski definition) is 3. The van der Waals surface area contributed by atoms with Crippen LogP contribution in [0.15, 0.2) is 54.6 Å². The van der Waals surface area contributed by atoms with Crippen LogP contribution in [0.3, 0.4) is 0 Å². The van der Waals surface area contributed by atoms with Crippen LogP contribution in [0, 0.1) is 12.8 Å². The summed E-state index contributed by atoms with van der Waals surface area (Å²) in [4.78, 5) is 27.1. The number of benzene rings is 2. The van der Waals surface area contributed by atoms with Gasteiger partial charge in [0.05, 0.1) is 19.1 Å². The molecule has 2 aromatic rings. The van der Waals surface area contributed by atoms with Crippen LogP contribution in [-0.2, 0) is 9.59 Å². The molecule has 5 nitrogen and oxygen atoms in total. The van der Waals surface area contributed by atoms with Crippen LogP contribution in [-0.4, -0.2) is 36.3 Å². The highest BCUT2D eigenvalue weighted by atomic mass is 16.2. The summed E-state index contributed by atoms with van der Waals surface area (Å²) in [6.45, 7) is 9.27. The summed E-state index contributed by atoms with van der Waals surface area (Å²) in [6.07, 6.45) is 0.872. The molecule has 2 N–H and O–H groups in total. The van der Waals surface area contributed by atoms with Gasteiger partial charge in [-0.2, -0.15) is 0 Å². The van der Waals surface area contributed by atoms with E-state index in [-0.39, 0.29) is 36.9 Å². The maximum absolute atomic E-state index is 12.7. The van der Waals surface area contributed by atoms with E-state index in [9.17, 15) is 9.59 Å². The Kier molecular flexibility index (Phi) is 8.87. The van der Waals surface area contributed by atoms with Gasteiger partial charge in [-0.15, -0.1) is 0 Å². The lowest BCUT2D eigenvalue weighted by molar-refractivity contribution is -0.124. The van der Waals surface area contributed by atoms with Crippen LogP contribution in [0.5, 0.6) is 0 Å². The van der Waals surface area contributed by atoms with Crippen molar-refractivity contribution in [3.8, 4) is 0 Å². The molecule has 0 aliphatic rings. The third-order valence-electron chi connectivity index (χ3n) is 4.84. The number of rotatable bonds is 10. The van der Waals surface area contributed by atoms with Crippen molar-refractivity contribution in [3.05, 3.63) is 65.7 Å².